The zero-order valence-corrected chi connectivity index (χ0v) is 13.2. The lowest BCUT2D eigenvalue weighted by Crippen LogP contribution is -2.22. The molecule has 0 fully saturated rings. The molecule has 104 valence electrons. The number of allylic oxidation sites excluding steroid dienone is 2. The van der Waals surface area contributed by atoms with E-state index >= 15 is 0 Å². The first-order valence-electron chi connectivity index (χ1n) is 6.37. The van der Waals surface area contributed by atoms with Crippen LogP contribution in [-0.4, -0.2) is 17.4 Å². The van der Waals surface area contributed by atoms with Crippen molar-refractivity contribution in [3.8, 4) is 0 Å². The number of alkyl halides is 1. The number of carbonyl (C=O) groups excluding carboxylic acids is 2. The highest BCUT2D eigenvalue weighted by molar-refractivity contribution is 9.10. The fourth-order valence-corrected chi connectivity index (χ4v) is 3.00. The van der Waals surface area contributed by atoms with Gasteiger partial charge in [-0.2, -0.15) is 0 Å². The molecule has 0 heterocycles. The largest absolute Gasteiger partial charge is 0.289 e. The lowest BCUT2D eigenvalue weighted by molar-refractivity contribution is 0.0992. The average molecular weight is 362 g/mol. The monoisotopic (exact) mass is 360 g/mol. The van der Waals surface area contributed by atoms with E-state index in [1.165, 1.54) is 0 Å². The maximum Gasteiger partial charge on any atom is 0.194 e. The Labute approximate surface area is 135 Å². The van der Waals surface area contributed by atoms with E-state index in [1.54, 1.807) is 24.3 Å². The van der Waals surface area contributed by atoms with E-state index < -0.39 is 0 Å². The average Bonchev–Trinajstić information content (AvgIpc) is 2.52. The van der Waals surface area contributed by atoms with Gasteiger partial charge in [0.1, 0.15) is 0 Å². The Balaban J connectivity index is 2.24. The standard InChI is InChI=1S/C17H10BrClO2/c18-11-7-5-10(6-8-11)15-14(9-19)16(20)12-3-1-2-4-13(12)17(15)21/h1-8H,9H2. The summed E-state index contributed by atoms with van der Waals surface area (Å²) in [5, 5.41) is 0. The summed E-state index contributed by atoms with van der Waals surface area (Å²) in [4.78, 5) is 25.3. The molecule has 0 bridgehead atoms. The molecule has 0 unspecified atom stereocenters. The smallest absolute Gasteiger partial charge is 0.194 e. The Morgan fingerprint density at radius 1 is 0.857 bits per heavy atom. The van der Waals surface area contributed by atoms with E-state index in [0.717, 1.165) is 4.47 Å². The lowest BCUT2D eigenvalue weighted by atomic mass is 9.82. The predicted molar refractivity (Wildman–Crippen MR) is 86.9 cm³/mol. The van der Waals surface area contributed by atoms with Crippen molar-refractivity contribution in [3.05, 3.63) is 75.3 Å². The summed E-state index contributed by atoms with van der Waals surface area (Å²) in [5.74, 6) is -0.300. The highest BCUT2D eigenvalue weighted by Crippen LogP contribution is 2.33. The van der Waals surface area contributed by atoms with Crippen molar-refractivity contribution in [2.75, 3.05) is 5.88 Å². The summed E-state index contributed by atoms with van der Waals surface area (Å²) in [5.41, 5.74) is 2.35. The third kappa shape index (κ3) is 2.37. The molecule has 21 heavy (non-hydrogen) atoms. The fraction of sp³-hybridized carbons (Fsp3) is 0.0588. The van der Waals surface area contributed by atoms with Crippen LogP contribution in [0.1, 0.15) is 26.3 Å². The number of benzene rings is 2. The van der Waals surface area contributed by atoms with E-state index in [4.69, 9.17) is 11.6 Å². The molecular weight excluding hydrogens is 352 g/mol. The molecule has 0 amide bonds. The number of carbonyl (C=O) groups is 2. The zero-order chi connectivity index (χ0) is 15.0. The minimum absolute atomic E-state index is 0.0182. The minimum atomic E-state index is -0.168. The van der Waals surface area contributed by atoms with Crippen molar-refractivity contribution in [1.29, 1.82) is 0 Å². The highest BCUT2D eigenvalue weighted by Gasteiger charge is 2.31. The summed E-state index contributed by atoms with van der Waals surface area (Å²) < 4.78 is 0.911. The first-order chi connectivity index (χ1) is 10.1. The van der Waals surface area contributed by atoms with Gasteiger partial charge in [0.2, 0.25) is 0 Å². The number of fused-ring (bicyclic) bond motifs is 1. The van der Waals surface area contributed by atoms with Gasteiger partial charge in [-0.15, -0.1) is 11.6 Å². The van der Waals surface area contributed by atoms with Crippen molar-refractivity contribution < 1.29 is 9.59 Å². The molecule has 1 aliphatic rings. The molecule has 0 aliphatic heterocycles. The van der Waals surface area contributed by atoms with Gasteiger partial charge in [-0.3, -0.25) is 9.59 Å². The SMILES string of the molecule is O=C1C(CCl)=C(c2ccc(Br)cc2)C(=O)c2ccccc21. The molecule has 2 aromatic rings. The van der Waals surface area contributed by atoms with Crippen LogP contribution in [0.4, 0.5) is 0 Å². The maximum atomic E-state index is 12.7. The van der Waals surface area contributed by atoms with Gasteiger partial charge in [-0.25, -0.2) is 0 Å². The Morgan fingerprint density at radius 3 is 2.00 bits per heavy atom. The first kappa shape index (κ1) is 14.2. The normalized spacial score (nSPS) is 14.4. The first-order valence-corrected chi connectivity index (χ1v) is 7.69. The number of ketones is 2. The van der Waals surface area contributed by atoms with Gasteiger partial charge in [0, 0.05) is 26.7 Å². The topological polar surface area (TPSA) is 34.1 Å². The van der Waals surface area contributed by atoms with Crippen LogP contribution < -0.4 is 0 Å². The second-order valence-electron chi connectivity index (χ2n) is 4.70. The van der Waals surface area contributed by atoms with E-state index in [1.807, 2.05) is 24.3 Å². The van der Waals surface area contributed by atoms with Gasteiger partial charge in [0.05, 0.1) is 5.88 Å². The van der Waals surface area contributed by atoms with Gasteiger partial charge in [-0.05, 0) is 17.7 Å². The Hall–Kier alpha value is -1.71. The van der Waals surface area contributed by atoms with E-state index in [0.29, 0.717) is 27.8 Å². The summed E-state index contributed by atoms with van der Waals surface area (Å²) in [6.45, 7) is 0. The molecule has 1 aliphatic carbocycles. The summed E-state index contributed by atoms with van der Waals surface area (Å²) in [7, 11) is 0. The maximum absolute atomic E-state index is 12.7. The van der Waals surface area contributed by atoms with Crippen LogP contribution in [0.25, 0.3) is 5.57 Å². The second kappa shape index (κ2) is 5.58. The molecule has 0 radical (unpaired) electrons. The molecular formula is C17H10BrClO2. The van der Waals surface area contributed by atoms with Crippen LogP contribution in [0.3, 0.4) is 0 Å². The number of hydrogen-bond donors (Lipinski definition) is 0. The van der Waals surface area contributed by atoms with Gasteiger partial charge >= 0.3 is 0 Å². The summed E-state index contributed by atoms with van der Waals surface area (Å²) in [6.07, 6.45) is 0. The molecule has 3 rings (SSSR count). The third-order valence-electron chi connectivity index (χ3n) is 3.49. The van der Waals surface area contributed by atoms with E-state index in [-0.39, 0.29) is 17.4 Å². The van der Waals surface area contributed by atoms with Crippen molar-refractivity contribution >= 4 is 44.7 Å². The quantitative estimate of drug-likeness (QED) is 0.737. The van der Waals surface area contributed by atoms with Crippen molar-refractivity contribution in [3.63, 3.8) is 0 Å². The number of rotatable bonds is 2. The van der Waals surface area contributed by atoms with Crippen LogP contribution in [-0.2, 0) is 0 Å². The number of Topliss-reactive ketones (excluding diaryl/α,β-unsaturated/α-hetero) is 2. The van der Waals surface area contributed by atoms with Crippen molar-refractivity contribution in [2.45, 2.75) is 0 Å². The third-order valence-corrected chi connectivity index (χ3v) is 4.28. The van der Waals surface area contributed by atoms with Crippen LogP contribution in [0.5, 0.6) is 0 Å². The minimum Gasteiger partial charge on any atom is -0.289 e. The lowest BCUT2D eigenvalue weighted by Gasteiger charge is -2.20. The molecule has 0 atom stereocenters. The molecule has 0 saturated carbocycles. The van der Waals surface area contributed by atoms with Gasteiger partial charge < -0.3 is 0 Å². The van der Waals surface area contributed by atoms with E-state index in [9.17, 15) is 9.59 Å². The molecule has 0 spiro atoms. The molecule has 4 heteroatoms. The molecule has 0 aromatic heterocycles. The fourth-order valence-electron chi connectivity index (χ4n) is 2.48. The Kier molecular flexibility index (Phi) is 3.79. The second-order valence-corrected chi connectivity index (χ2v) is 5.88. The molecule has 2 nitrogen and oxygen atoms in total. The van der Waals surface area contributed by atoms with E-state index in [2.05, 4.69) is 15.9 Å². The van der Waals surface area contributed by atoms with Gasteiger partial charge in [0.25, 0.3) is 0 Å². The van der Waals surface area contributed by atoms with Crippen LogP contribution in [0.2, 0.25) is 0 Å². The number of hydrogen-bond acceptors (Lipinski definition) is 2. The zero-order valence-electron chi connectivity index (χ0n) is 10.9. The van der Waals surface area contributed by atoms with Crippen LogP contribution in [0.15, 0.2) is 58.6 Å². The Bertz CT molecular complexity index is 776. The predicted octanol–water partition coefficient (Wildman–Crippen LogP) is 4.52. The molecule has 0 N–H and O–H groups in total. The van der Waals surface area contributed by atoms with Crippen LogP contribution in [0, 0.1) is 0 Å². The highest BCUT2D eigenvalue weighted by atomic mass is 79.9. The Morgan fingerprint density at radius 2 is 1.43 bits per heavy atom. The summed E-state index contributed by atoms with van der Waals surface area (Å²) in [6, 6.07) is 14.2. The van der Waals surface area contributed by atoms with Gasteiger partial charge in [0.15, 0.2) is 11.6 Å². The van der Waals surface area contributed by atoms with Crippen molar-refractivity contribution in [2.24, 2.45) is 0 Å². The number of halogens is 2. The van der Waals surface area contributed by atoms with Gasteiger partial charge in [-0.1, -0.05) is 52.3 Å². The van der Waals surface area contributed by atoms with Crippen LogP contribution >= 0.6 is 27.5 Å². The van der Waals surface area contributed by atoms with Crippen molar-refractivity contribution in [1.82, 2.24) is 0 Å². The molecule has 2 aromatic carbocycles. The molecule has 0 saturated heterocycles. The summed E-state index contributed by atoms with van der Waals surface area (Å²) >= 11 is 9.30.